The smallest absolute Gasteiger partial charge is 0.341 e. The molecular formula is C22H18ClNO5S. The van der Waals surface area contributed by atoms with E-state index in [-0.39, 0.29) is 18.8 Å². The summed E-state index contributed by atoms with van der Waals surface area (Å²) >= 11 is 7.17. The molecular weight excluding hydrogens is 426 g/mol. The maximum absolute atomic E-state index is 12.6. The molecule has 0 aliphatic carbocycles. The highest BCUT2D eigenvalue weighted by Crippen LogP contribution is 2.36. The highest BCUT2D eigenvalue weighted by atomic mass is 35.5. The quantitative estimate of drug-likeness (QED) is 0.388. The lowest BCUT2D eigenvalue weighted by molar-refractivity contribution is -0.118. The van der Waals surface area contributed by atoms with Gasteiger partial charge in [-0.05, 0) is 48.9 Å². The van der Waals surface area contributed by atoms with Gasteiger partial charge in [0.2, 0.25) is 0 Å². The predicted molar refractivity (Wildman–Crippen MR) is 117 cm³/mol. The average Bonchev–Trinajstić information content (AvgIpc) is 3.17. The number of benzene rings is 2. The fraction of sp³-hybridized carbons (Fsp3) is 0.136. The molecule has 6 nitrogen and oxygen atoms in total. The van der Waals surface area contributed by atoms with Gasteiger partial charge in [0.05, 0.1) is 6.61 Å². The number of nitrogens with one attached hydrogen (secondary N) is 1. The van der Waals surface area contributed by atoms with Crippen molar-refractivity contribution in [2.75, 3.05) is 18.5 Å². The van der Waals surface area contributed by atoms with E-state index in [9.17, 15) is 14.4 Å². The van der Waals surface area contributed by atoms with Crippen molar-refractivity contribution in [1.82, 2.24) is 0 Å². The molecule has 8 heteroatoms. The van der Waals surface area contributed by atoms with Crippen LogP contribution >= 0.6 is 22.9 Å². The molecule has 1 N–H and O–H groups in total. The Kier molecular flexibility index (Phi) is 7.21. The van der Waals surface area contributed by atoms with E-state index in [0.29, 0.717) is 26.9 Å². The van der Waals surface area contributed by atoms with E-state index in [0.717, 1.165) is 11.8 Å². The number of carbonyl (C=O) groups excluding carboxylic acids is 3. The van der Waals surface area contributed by atoms with E-state index in [2.05, 4.69) is 5.32 Å². The molecule has 0 aliphatic heterocycles. The second-order valence-corrected chi connectivity index (χ2v) is 7.42. The summed E-state index contributed by atoms with van der Waals surface area (Å²) in [5.74, 6) is -0.497. The lowest BCUT2D eigenvalue weighted by atomic mass is 10.0. The van der Waals surface area contributed by atoms with Gasteiger partial charge in [-0.1, -0.05) is 23.7 Å². The minimum atomic E-state index is -0.524. The Balaban J connectivity index is 1.76. The minimum Gasteiger partial charge on any atom is -0.484 e. The number of hydrogen-bond donors (Lipinski definition) is 1. The van der Waals surface area contributed by atoms with Gasteiger partial charge in [-0.25, -0.2) is 4.79 Å². The number of aldehydes is 1. The Morgan fingerprint density at radius 3 is 2.43 bits per heavy atom. The van der Waals surface area contributed by atoms with Crippen LogP contribution in [-0.4, -0.2) is 31.4 Å². The van der Waals surface area contributed by atoms with Gasteiger partial charge < -0.3 is 14.8 Å². The molecule has 154 valence electrons. The van der Waals surface area contributed by atoms with Crippen LogP contribution in [-0.2, 0) is 9.53 Å². The second-order valence-electron chi connectivity index (χ2n) is 6.10. The summed E-state index contributed by atoms with van der Waals surface area (Å²) in [6.45, 7) is 1.67. The molecule has 1 heterocycles. The molecule has 1 amide bonds. The largest absolute Gasteiger partial charge is 0.484 e. The van der Waals surface area contributed by atoms with Crippen molar-refractivity contribution < 1.29 is 23.9 Å². The summed E-state index contributed by atoms with van der Waals surface area (Å²) in [5, 5.41) is 5.46. The van der Waals surface area contributed by atoms with E-state index >= 15 is 0 Å². The number of esters is 1. The summed E-state index contributed by atoms with van der Waals surface area (Å²) in [5.41, 5.74) is 2.23. The van der Waals surface area contributed by atoms with Crippen molar-refractivity contribution in [2.24, 2.45) is 0 Å². The zero-order valence-corrected chi connectivity index (χ0v) is 17.6. The van der Waals surface area contributed by atoms with Crippen LogP contribution in [0.1, 0.15) is 27.6 Å². The van der Waals surface area contributed by atoms with Crippen LogP contribution in [0.4, 0.5) is 5.00 Å². The number of amides is 1. The van der Waals surface area contributed by atoms with Gasteiger partial charge in [0.15, 0.2) is 6.61 Å². The lowest BCUT2D eigenvalue weighted by Crippen LogP contribution is -2.21. The van der Waals surface area contributed by atoms with Crippen molar-refractivity contribution >= 4 is 46.1 Å². The van der Waals surface area contributed by atoms with Crippen LogP contribution in [0, 0.1) is 0 Å². The number of anilines is 1. The van der Waals surface area contributed by atoms with Gasteiger partial charge in [-0.3, -0.25) is 9.59 Å². The lowest BCUT2D eigenvalue weighted by Gasteiger charge is -2.10. The Morgan fingerprint density at radius 2 is 1.80 bits per heavy atom. The third kappa shape index (κ3) is 5.25. The van der Waals surface area contributed by atoms with Crippen molar-refractivity contribution in [3.8, 4) is 16.9 Å². The van der Waals surface area contributed by atoms with Crippen LogP contribution in [0.25, 0.3) is 11.1 Å². The minimum absolute atomic E-state index is 0.210. The topological polar surface area (TPSA) is 81.7 Å². The molecule has 0 atom stereocenters. The van der Waals surface area contributed by atoms with Crippen LogP contribution in [0.5, 0.6) is 5.75 Å². The van der Waals surface area contributed by atoms with Crippen LogP contribution in [0.2, 0.25) is 5.02 Å². The van der Waals surface area contributed by atoms with Crippen LogP contribution < -0.4 is 10.1 Å². The number of rotatable bonds is 8. The highest BCUT2D eigenvalue weighted by Gasteiger charge is 2.23. The number of thiophene rings is 1. The second kappa shape index (κ2) is 10.0. The van der Waals surface area contributed by atoms with Gasteiger partial charge in [0.1, 0.15) is 22.6 Å². The first-order valence-electron chi connectivity index (χ1n) is 9.04. The molecule has 0 saturated carbocycles. The van der Waals surface area contributed by atoms with Crippen molar-refractivity contribution in [2.45, 2.75) is 6.92 Å². The van der Waals surface area contributed by atoms with Gasteiger partial charge in [0, 0.05) is 21.5 Å². The molecule has 0 unspecified atom stereocenters. The molecule has 0 aliphatic rings. The van der Waals surface area contributed by atoms with Gasteiger partial charge >= 0.3 is 5.97 Å². The maximum Gasteiger partial charge on any atom is 0.341 e. The third-order valence-electron chi connectivity index (χ3n) is 4.06. The standard InChI is InChI=1S/C22H18ClNO5S/c1-2-28-22(27)20-18(15-5-7-16(23)8-6-15)13-30-21(20)24-19(26)12-29-17-9-3-14(11-25)4-10-17/h3-11,13H,2,12H2,1H3,(H,24,26). The molecule has 0 radical (unpaired) electrons. The number of carbonyl (C=O) groups is 3. The van der Waals surface area contributed by atoms with Crippen LogP contribution in [0.3, 0.4) is 0 Å². The SMILES string of the molecule is CCOC(=O)c1c(-c2ccc(Cl)cc2)csc1NC(=O)COc1ccc(C=O)cc1. The Labute approximate surface area is 182 Å². The van der Waals surface area contributed by atoms with E-state index in [1.54, 1.807) is 60.8 Å². The van der Waals surface area contributed by atoms with Gasteiger partial charge in [-0.15, -0.1) is 11.3 Å². The summed E-state index contributed by atoms with van der Waals surface area (Å²) < 4.78 is 10.6. The predicted octanol–water partition coefficient (Wildman–Crippen LogP) is 5.08. The summed E-state index contributed by atoms with van der Waals surface area (Å²) in [6, 6.07) is 13.4. The molecule has 0 saturated heterocycles. The number of halogens is 1. The molecule has 3 rings (SSSR count). The molecule has 30 heavy (non-hydrogen) atoms. The maximum atomic E-state index is 12.6. The third-order valence-corrected chi connectivity index (χ3v) is 5.21. The molecule has 0 spiro atoms. The van der Waals surface area contributed by atoms with Crippen LogP contribution in [0.15, 0.2) is 53.9 Å². The zero-order valence-electron chi connectivity index (χ0n) is 16.0. The zero-order chi connectivity index (χ0) is 21.5. The molecule has 1 aromatic heterocycles. The first kappa shape index (κ1) is 21.5. The summed E-state index contributed by atoms with van der Waals surface area (Å²) in [6.07, 6.45) is 0.725. The fourth-order valence-electron chi connectivity index (χ4n) is 2.65. The van der Waals surface area contributed by atoms with Gasteiger partial charge in [0.25, 0.3) is 5.91 Å². The first-order valence-corrected chi connectivity index (χ1v) is 10.3. The highest BCUT2D eigenvalue weighted by molar-refractivity contribution is 7.15. The average molecular weight is 444 g/mol. The summed E-state index contributed by atoms with van der Waals surface area (Å²) in [4.78, 5) is 35.6. The van der Waals surface area contributed by atoms with E-state index in [1.807, 2.05) is 0 Å². The van der Waals surface area contributed by atoms with Crippen molar-refractivity contribution in [3.05, 3.63) is 70.1 Å². The molecule has 3 aromatic rings. The summed E-state index contributed by atoms with van der Waals surface area (Å²) in [7, 11) is 0. The number of hydrogen-bond acceptors (Lipinski definition) is 6. The molecule has 0 bridgehead atoms. The fourth-order valence-corrected chi connectivity index (χ4v) is 3.75. The van der Waals surface area contributed by atoms with Crippen molar-refractivity contribution in [1.29, 1.82) is 0 Å². The van der Waals surface area contributed by atoms with E-state index in [4.69, 9.17) is 21.1 Å². The molecule has 2 aromatic carbocycles. The Hall–Kier alpha value is -3.16. The normalized spacial score (nSPS) is 10.3. The van der Waals surface area contributed by atoms with Gasteiger partial charge in [-0.2, -0.15) is 0 Å². The Bertz CT molecular complexity index is 1040. The van der Waals surface area contributed by atoms with E-state index < -0.39 is 11.9 Å². The first-order chi connectivity index (χ1) is 14.5. The Morgan fingerprint density at radius 1 is 1.10 bits per heavy atom. The molecule has 0 fully saturated rings. The van der Waals surface area contributed by atoms with E-state index in [1.165, 1.54) is 11.3 Å². The number of ether oxygens (including phenoxy) is 2. The van der Waals surface area contributed by atoms with Crippen molar-refractivity contribution in [3.63, 3.8) is 0 Å². The monoisotopic (exact) mass is 443 g/mol.